The molecule has 118 valence electrons. The number of carbonyl (C=O) groups excluding carboxylic acids is 3. The van der Waals surface area contributed by atoms with E-state index in [1.807, 2.05) is 12.1 Å². The van der Waals surface area contributed by atoms with Crippen LogP contribution in [0.1, 0.15) is 13.3 Å². The lowest BCUT2D eigenvalue weighted by atomic mass is 9.94. The first-order valence-corrected chi connectivity index (χ1v) is 7.29. The van der Waals surface area contributed by atoms with Gasteiger partial charge in [-0.1, -0.05) is 6.07 Å². The number of fused-ring (bicyclic) bond motifs is 1. The van der Waals surface area contributed by atoms with Gasteiger partial charge in [0.1, 0.15) is 0 Å². The number of aromatic nitrogens is 1. The second-order valence-corrected chi connectivity index (χ2v) is 5.49. The van der Waals surface area contributed by atoms with E-state index in [0.29, 0.717) is 5.69 Å². The predicted molar refractivity (Wildman–Crippen MR) is 84.6 cm³/mol. The van der Waals surface area contributed by atoms with Crippen molar-refractivity contribution in [1.29, 1.82) is 0 Å². The molecule has 1 fully saturated rings. The van der Waals surface area contributed by atoms with Crippen LogP contribution in [0.2, 0.25) is 0 Å². The Bertz CT molecular complexity index is 784. The quantitative estimate of drug-likeness (QED) is 0.797. The number of urea groups is 1. The summed E-state index contributed by atoms with van der Waals surface area (Å²) in [4.78, 5) is 39.6. The molecule has 0 bridgehead atoms. The lowest BCUT2D eigenvalue weighted by Crippen LogP contribution is -2.57. The Labute approximate surface area is 132 Å². The summed E-state index contributed by atoms with van der Waals surface area (Å²) < 4.78 is 0. The molecule has 0 aliphatic carbocycles. The van der Waals surface area contributed by atoms with Gasteiger partial charge in [-0.05, 0) is 31.2 Å². The molecule has 0 radical (unpaired) electrons. The van der Waals surface area contributed by atoms with Crippen LogP contribution in [0.25, 0.3) is 10.9 Å². The molecule has 3 rings (SSSR count). The lowest BCUT2D eigenvalue weighted by Gasteiger charge is -2.28. The molecule has 2 unspecified atom stereocenters. The lowest BCUT2D eigenvalue weighted by molar-refractivity contribution is -0.129. The molecule has 1 aliphatic heterocycles. The first kappa shape index (κ1) is 15.0. The summed E-state index contributed by atoms with van der Waals surface area (Å²) in [5, 5.41) is 8.42. The van der Waals surface area contributed by atoms with E-state index in [1.165, 1.54) is 0 Å². The summed E-state index contributed by atoms with van der Waals surface area (Å²) in [5.41, 5.74) is 1.43. The number of hydrogen-bond acceptors (Lipinski definition) is 4. The van der Waals surface area contributed by atoms with Gasteiger partial charge in [0.25, 0.3) is 0 Å². The van der Waals surface area contributed by atoms with Crippen molar-refractivity contribution in [2.75, 3.05) is 5.32 Å². The molecule has 4 amide bonds. The summed E-state index contributed by atoms with van der Waals surface area (Å²) >= 11 is 0. The van der Waals surface area contributed by atoms with Crippen molar-refractivity contribution >= 4 is 34.4 Å². The third-order valence-corrected chi connectivity index (χ3v) is 3.86. The molecular weight excluding hydrogens is 296 g/mol. The van der Waals surface area contributed by atoms with Crippen LogP contribution < -0.4 is 16.0 Å². The van der Waals surface area contributed by atoms with Gasteiger partial charge in [-0.25, -0.2) is 4.79 Å². The van der Waals surface area contributed by atoms with Crippen molar-refractivity contribution in [2.45, 2.75) is 19.4 Å². The maximum absolute atomic E-state index is 12.3. The first-order valence-electron chi connectivity index (χ1n) is 7.29. The Hall–Kier alpha value is -2.96. The molecule has 3 N–H and O–H groups in total. The number of imide groups is 1. The van der Waals surface area contributed by atoms with E-state index in [9.17, 15) is 14.4 Å². The standard InChI is InChI=1S/C16H16N4O3/c1-9-11(15(22)20-16(23)18-9)8-14(21)19-13-6-2-5-12-10(13)4-3-7-17-12/h2-7,9,11H,8H2,1H3,(H,19,21)(H2,18,20,22,23). The Morgan fingerprint density at radius 1 is 1.26 bits per heavy atom. The van der Waals surface area contributed by atoms with Crippen molar-refractivity contribution in [3.05, 3.63) is 36.5 Å². The number of anilines is 1. The maximum Gasteiger partial charge on any atom is 0.321 e. The summed E-state index contributed by atoms with van der Waals surface area (Å²) in [6.45, 7) is 1.70. The minimum Gasteiger partial charge on any atom is -0.335 e. The average Bonchev–Trinajstić information content (AvgIpc) is 2.51. The van der Waals surface area contributed by atoms with Crippen molar-refractivity contribution in [1.82, 2.24) is 15.6 Å². The minimum absolute atomic E-state index is 0.00999. The van der Waals surface area contributed by atoms with Gasteiger partial charge in [-0.2, -0.15) is 0 Å². The van der Waals surface area contributed by atoms with Crippen molar-refractivity contribution in [2.24, 2.45) is 5.92 Å². The van der Waals surface area contributed by atoms with Crippen LogP contribution in [0.4, 0.5) is 10.5 Å². The number of nitrogens with one attached hydrogen (secondary N) is 3. The predicted octanol–water partition coefficient (Wildman–Crippen LogP) is 1.41. The molecule has 1 aromatic carbocycles. The molecule has 0 spiro atoms. The molecule has 2 heterocycles. The average molecular weight is 312 g/mol. The monoisotopic (exact) mass is 312 g/mol. The van der Waals surface area contributed by atoms with E-state index < -0.39 is 23.9 Å². The van der Waals surface area contributed by atoms with E-state index in [1.54, 1.807) is 31.3 Å². The molecule has 7 heteroatoms. The van der Waals surface area contributed by atoms with Gasteiger partial charge < -0.3 is 10.6 Å². The Balaban J connectivity index is 1.74. The van der Waals surface area contributed by atoms with E-state index >= 15 is 0 Å². The van der Waals surface area contributed by atoms with Gasteiger partial charge in [0.2, 0.25) is 11.8 Å². The Morgan fingerprint density at radius 2 is 2.09 bits per heavy atom. The van der Waals surface area contributed by atoms with E-state index in [4.69, 9.17) is 0 Å². The normalized spacial score (nSPS) is 20.7. The Kier molecular flexibility index (Phi) is 3.92. The second-order valence-electron chi connectivity index (χ2n) is 5.49. The molecule has 2 atom stereocenters. The molecule has 7 nitrogen and oxygen atoms in total. The third-order valence-electron chi connectivity index (χ3n) is 3.86. The van der Waals surface area contributed by atoms with E-state index in [-0.39, 0.29) is 12.3 Å². The van der Waals surface area contributed by atoms with Crippen molar-refractivity contribution in [3.8, 4) is 0 Å². The van der Waals surface area contributed by atoms with Crippen LogP contribution >= 0.6 is 0 Å². The van der Waals surface area contributed by atoms with Crippen LogP contribution in [0.5, 0.6) is 0 Å². The number of carbonyl (C=O) groups is 3. The highest BCUT2D eigenvalue weighted by Gasteiger charge is 2.34. The molecule has 23 heavy (non-hydrogen) atoms. The number of pyridine rings is 1. The highest BCUT2D eigenvalue weighted by atomic mass is 16.2. The molecular formula is C16H16N4O3. The fraction of sp³-hybridized carbons (Fsp3) is 0.250. The third kappa shape index (κ3) is 3.13. The molecule has 2 aromatic rings. The van der Waals surface area contributed by atoms with Crippen molar-refractivity contribution < 1.29 is 14.4 Å². The highest BCUT2D eigenvalue weighted by Crippen LogP contribution is 2.22. The van der Waals surface area contributed by atoms with E-state index in [2.05, 4.69) is 20.9 Å². The van der Waals surface area contributed by atoms with Crippen molar-refractivity contribution in [3.63, 3.8) is 0 Å². The van der Waals surface area contributed by atoms with E-state index in [0.717, 1.165) is 10.9 Å². The SMILES string of the molecule is CC1NC(=O)NC(=O)C1CC(=O)Nc1cccc2ncccc12. The van der Waals surface area contributed by atoms with Crippen LogP contribution in [-0.4, -0.2) is 28.9 Å². The van der Waals surface area contributed by atoms with Gasteiger partial charge >= 0.3 is 6.03 Å². The zero-order valence-corrected chi connectivity index (χ0v) is 12.5. The van der Waals surface area contributed by atoms with Gasteiger partial charge in [-0.15, -0.1) is 0 Å². The van der Waals surface area contributed by atoms with Gasteiger partial charge in [0.15, 0.2) is 0 Å². The number of rotatable bonds is 3. The van der Waals surface area contributed by atoms with Gasteiger partial charge in [0.05, 0.1) is 17.1 Å². The van der Waals surface area contributed by atoms with Gasteiger partial charge in [-0.3, -0.25) is 19.9 Å². The highest BCUT2D eigenvalue weighted by molar-refractivity contribution is 6.04. The smallest absolute Gasteiger partial charge is 0.321 e. The molecule has 0 saturated carbocycles. The largest absolute Gasteiger partial charge is 0.335 e. The van der Waals surface area contributed by atoms with Crippen LogP contribution in [0.15, 0.2) is 36.5 Å². The second kappa shape index (κ2) is 6.04. The summed E-state index contributed by atoms with van der Waals surface area (Å²) in [7, 11) is 0. The van der Waals surface area contributed by atoms with Crippen LogP contribution in [0.3, 0.4) is 0 Å². The fourth-order valence-corrected chi connectivity index (χ4v) is 2.66. The summed E-state index contributed by atoms with van der Waals surface area (Å²) in [5.74, 6) is -1.32. The number of amides is 4. The summed E-state index contributed by atoms with van der Waals surface area (Å²) in [6, 6.07) is 8.19. The minimum atomic E-state index is -0.596. The summed E-state index contributed by atoms with van der Waals surface area (Å²) in [6.07, 6.45) is 1.68. The van der Waals surface area contributed by atoms with Crippen LogP contribution in [-0.2, 0) is 9.59 Å². The fourth-order valence-electron chi connectivity index (χ4n) is 2.66. The Morgan fingerprint density at radius 3 is 2.87 bits per heavy atom. The van der Waals surface area contributed by atoms with Gasteiger partial charge in [0, 0.05) is 24.0 Å². The maximum atomic E-state index is 12.3. The molecule has 1 aliphatic rings. The number of hydrogen-bond donors (Lipinski definition) is 3. The number of nitrogens with zero attached hydrogens (tertiary/aromatic N) is 1. The zero-order chi connectivity index (χ0) is 16.4. The molecule has 1 saturated heterocycles. The number of benzene rings is 1. The first-order chi connectivity index (χ1) is 11.0. The molecule has 1 aromatic heterocycles. The van der Waals surface area contributed by atoms with Crippen LogP contribution in [0, 0.1) is 5.92 Å². The zero-order valence-electron chi connectivity index (χ0n) is 12.5. The topological polar surface area (TPSA) is 100 Å².